The van der Waals surface area contributed by atoms with Crippen LogP contribution in [0.5, 0.6) is 0 Å². The maximum atomic E-state index is 13.1. The number of carbonyl (C=O) groups excluding carboxylic acids is 4. The molecule has 17 nitrogen and oxygen atoms in total. The van der Waals surface area contributed by atoms with Crippen molar-refractivity contribution in [1.29, 1.82) is 0 Å². The Bertz CT molecular complexity index is 1840. The average Bonchev–Trinajstić information content (AvgIpc) is 1.40. The molecule has 19 heteroatoms. The molecule has 0 bridgehead atoms. The molecule has 3 N–H and O–H groups in total. The lowest BCUT2D eigenvalue weighted by Crippen LogP contribution is -2.30. The summed E-state index contributed by atoms with van der Waals surface area (Å²) in [5.41, 5.74) is 0. The van der Waals surface area contributed by atoms with Gasteiger partial charge in [0.1, 0.15) is 19.3 Å². The quantitative estimate of drug-likeness (QED) is 0.0222. The van der Waals surface area contributed by atoms with Crippen LogP contribution in [-0.2, 0) is 65.4 Å². The summed E-state index contributed by atoms with van der Waals surface area (Å²) in [4.78, 5) is 72.8. The highest BCUT2D eigenvalue weighted by atomic mass is 31.2. The Morgan fingerprint density at radius 1 is 0.305 bits per heavy atom. The van der Waals surface area contributed by atoms with Gasteiger partial charge in [-0.25, -0.2) is 9.13 Å². The molecule has 0 aliphatic heterocycles. The summed E-state index contributed by atoms with van der Waals surface area (Å²) < 4.78 is 68.5. The van der Waals surface area contributed by atoms with E-state index in [1.54, 1.807) is 0 Å². The van der Waals surface area contributed by atoms with Crippen LogP contribution in [0, 0.1) is 11.8 Å². The first-order chi connectivity index (χ1) is 45.9. The van der Waals surface area contributed by atoms with Crippen molar-refractivity contribution >= 4 is 39.5 Å². The maximum absolute atomic E-state index is 13.1. The number of rotatable bonds is 75. The van der Waals surface area contributed by atoms with E-state index in [0.717, 1.165) is 102 Å². The van der Waals surface area contributed by atoms with Gasteiger partial charge in [0, 0.05) is 25.7 Å². The standard InChI is InChI=1S/C76H148O17P2/c1-7-10-12-14-16-18-20-25-30-34-41-47-53-59-74(79)87-64-71(92-75(80)60-54-48-42-35-31-27-24-22-21-23-26-29-32-38-44-50-56-68(4)5)66-90-94(82,83)88-62-70(77)63-89-95(84,85)91-67-72(65-86-73(78)58-52-46-40-33-28-19-17-15-13-11-8-2)93-76(81)61-55-49-43-37-36-39-45-51-57-69(6)9-3/h68-72,77H,7-67H2,1-6H3,(H,82,83)(H,84,85)/t69?,70-,71-,72-/m1/s1. The first-order valence-corrected chi connectivity index (χ1v) is 42.5. The Morgan fingerprint density at radius 2 is 0.537 bits per heavy atom. The fraction of sp³-hybridized carbons (Fsp3) is 0.947. The Balaban J connectivity index is 5.24. The SMILES string of the molecule is CCCCCCCCCCCCCCCC(=O)OC[C@H](COP(=O)(O)OC[C@@H](O)COP(=O)(O)OC[C@@H](COC(=O)CCCCCCCCCCCCC)OC(=O)CCCCCCCCCCC(C)CC)OC(=O)CCCCCCCCCCCCCCCCCCC(C)C. The molecular weight excluding hydrogens is 1250 g/mol. The Hall–Kier alpha value is -1.94. The summed E-state index contributed by atoms with van der Waals surface area (Å²) in [7, 11) is -9.91. The van der Waals surface area contributed by atoms with Crippen LogP contribution in [0.3, 0.4) is 0 Å². The van der Waals surface area contributed by atoms with E-state index in [1.807, 2.05) is 0 Å². The summed E-state index contributed by atoms with van der Waals surface area (Å²) in [6.07, 6.45) is 55.3. The van der Waals surface area contributed by atoms with Crippen LogP contribution in [0.1, 0.15) is 395 Å². The highest BCUT2D eigenvalue weighted by molar-refractivity contribution is 7.47. The van der Waals surface area contributed by atoms with Crippen molar-refractivity contribution in [2.45, 2.75) is 413 Å². The van der Waals surface area contributed by atoms with Crippen LogP contribution in [0.25, 0.3) is 0 Å². The minimum atomic E-state index is -4.96. The van der Waals surface area contributed by atoms with E-state index in [9.17, 15) is 43.2 Å². The van der Waals surface area contributed by atoms with Crippen molar-refractivity contribution in [1.82, 2.24) is 0 Å². The first kappa shape index (κ1) is 93.1. The van der Waals surface area contributed by atoms with E-state index in [0.29, 0.717) is 25.7 Å². The molecule has 0 aliphatic rings. The van der Waals surface area contributed by atoms with Gasteiger partial charge >= 0.3 is 39.5 Å². The molecule has 0 aromatic heterocycles. The number of aliphatic hydroxyl groups excluding tert-OH is 1. The van der Waals surface area contributed by atoms with Crippen LogP contribution < -0.4 is 0 Å². The monoisotopic (exact) mass is 1400 g/mol. The van der Waals surface area contributed by atoms with Crippen LogP contribution >= 0.6 is 15.6 Å². The van der Waals surface area contributed by atoms with Gasteiger partial charge in [0.05, 0.1) is 26.4 Å². The predicted molar refractivity (Wildman–Crippen MR) is 386 cm³/mol. The van der Waals surface area contributed by atoms with Crippen molar-refractivity contribution in [3.8, 4) is 0 Å². The molecule has 6 atom stereocenters. The van der Waals surface area contributed by atoms with Gasteiger partial charge in [-0.15, -0.1) is 0 Å². The molecule has 3 unspecified atom stereocenters. The van der Waals surface area contributed by atoms with Gasteiger partial charge in [0.25, 0.3) is 0 Å². The van der Waals surface area contributed by atoms with Gasteiger partial charge in [-0.05, 0) is 37.5 Å². The number of hydrogen-bond acceptors (Lipinski definition) is 15. The van der Waals surface area contributed by atoms with Gasteiger partial charge in [0.2, 0.25) is 0 Å². The number of hydrogen-bond donors (Lipinski definition) is 3. The fourth-order valence-corrected chi connectivity index (χ4v) is 13.2. The lowest BCUT2D eigenvalue weighted by Gasteiger charge is -2.21. The van der Waals surface area contributed by atoms with Gasteiger partial charge in [-0.1, -0.05) is 343 Å². The average molecular weight is 1400 g/mol. The Morgan fingerprint density at radius 3 is 0.800 bits per heavy atom. The smallest absolute Gasteiger partial charge is 0.462 e. The Labute approximate surface area is 581 Å². The minimum Gasteiger partial charge on any atom is -0.462 e. The van der Waals surface area contributed by atoms with Gasteiger partial charge in [-0.3, -0.25) is 37.3 Å². The Kier molecular flexibility index (Phi) is 66.5. The summed E-state index contributed by atoms with van der Waals surface area (Å²) in [6, 6.07) is 0. The zero-order valence-corrected chi connectivity index (χ0v) is 63.8. The van der Waals surface area contributed by atoms with Crippen molar-refractivity contribution in [2.75, 3.05) is 39.6 Å². The molecule has 0 aromatic rings. The second-order valence-electron chi connectivity index (χ2n) is 28.1. The van der Waals surface area contributed by atoms with Crippen LogP contribution in [0.4, 0.5) is 0 Å². The van der Waals surface area contributed by atoms with Crippen LogP contribution in [0.2, 0.25) is 0 Å². The van der Waals surface area contributed by atoms with E-state index in [-0.39, 0.29) is 25.7 Å². The van der Waals surface area contributed by atoms with E-state index >= 15 is 0 Å². The van der Waals surface area contributed by atoms with Gasteiger partial charge in [0.15, 0.2) is 12.2 Å². The molecule has 0 spiro atoms. The second-order valence-corrected chi connectivity index (χ2v) is 31.0. The predicted octanol–water partition coefficient (Wildman–Crippen LogP) is 22.3. The number of esters is 4. The van der Waals surface area contributed by atoms with Crippen LogP contribution in [-0.4, -0.2) is 96.7 Å². The van der Waals surface area contributed by atoms with E-state index < -0.39 is 97.5 Å². The molecule has 564 valence electrons. The highest BCUT2D eigenvalue weighted by Crippen LogP contribution is 2.45. The second kappa shape index (κ2) is 67.9. The largest absolute Gasteiger partial charge is 0.472 e. The molecule has 0 fully saturated rings. The van der Waals surface area contributed by atoms with Crippen molar-refractivity contribution in [2.24, 2.45) is 11.8 Å². The fourth-order valence-electron chi connectivity index (χ4n) is 11.6. The zero-order chi connectivity index (χ0) is 70.0. The van der Waals surface area contributed by atoms with Crippen molar-refractivity contribution < 1.29 is 80.2 Å². The molecule has 95 heavy (non-hydrogen) atoms. The molecule has 0 radical (unpaired) electrons. The van der Waals surface area contributed by atoms with Crippen molar-refractivity contribution in [3.63, 3.8) is 0 Å². The minimum absolute atomic E-state index is 0.105. The normalized spacial score (nSPS) is 14.3. The molecule has 0 saturated carbocycles. The molecular formula is C76H148O17P2. The summed E-state index contributed by atoms with van der Waals surface area (Å²) >= 11 is 0. The molecule has 0 aromatic carbocycles. The summed E-state index contributed by atoms with van der Waals surface area (Å²) in [5.74, 6) is -0.536. The number of unbranched alkanes of at least 4 members (excludes halogenated alkanes) is 44. The van der Waals surface area contributed by atoms with Crippen molar-refractivity contribution in [3.05, 3.63) is 0 Å². The van der Waals surface area contributed by atoms with E-state index in [4.69, 9.17) is 37.0 Å². The lowest BCUT2D eigenvalue weighted by atomic mass is 9.99. The highest BCUT2D eigenvalue weighted by Gasteiger charge is 2.30. The molecule has 0 saturated heterocycles. The topological polar surface area (TPSA) is 237 Å². The molecule has 0 aliphatic carbocycles. The summed E-state index contributed by atoms with van der Waals surface area (Å²) in [5, 5.41) is 10.6. The molecule has 0 rings (SSSR count). The first-order valence-electron chi connectivity index (χ1n) is 39.5. The zero-order valence-electron chi connectivity index (χ0n) is 62.0. The number of phosphoric acid groups is 2. The third-order valence-electron chi connectivity index (χ3n) is 18.1. The number of phosphoric ester groups is 2. The van der Waals surface area contributed by atoms with Crippen LogP contribution in [0.15, 0.2) is 0 Å². The lowest BCUT2D eigenvalue weighted by molar-refractivity contribution is -0.161. The van der Waals surface area contributed by atoms with Gasteiger partial charge in [-0.2, -0.15) is 0 Å². The van der Waals surface area contributed by atoms with Gasteiger partial charge < -0.3 is 33.8 Å². The van der Waals surface area contributed by atoms with E-state index in [2.05, 4.69) is 41.5 Å². The number of carbonyl (C=O) groups is 4. The maximum Gasteiger partial charge on any atom is 0.472 e. The molecule has 0 heterocycles. The molecule has 0 amide bonds. The summed E-state index contributed by atoms with van der Waals surface area (Å²) in [6.45, 7) is 9.62. The third kappa shape index (κ3) is 69.0. The van der Waals surface area contributed by atoms with E-state index in [1.165, 1.54) is 212 Å². The third-order valence-corrected chi connectivity index (χ3v) is 20.0. The number of ether oxygens (including phenoxy) is 4. The number of aliphatic hydroxyl groups is 1.